The molecule has 3 rings (SSSR count). The fraction of sp³-hybridized carbons (Fsp3) is 0.462. The van der Waals surface area contributed by atoms with E-state index in [-0.39, 0.29) is 24.2 Å². The standard InChI is InChI=1S/C26H34ClN3O6S/c1-18(26(32)28-20-10-6-7-11-20)29(16-19-9-5-8-12-22(19)27)25(31)17-30(37(4,33)34)21-13-14-23(35-2)24(15-21)36-3/h5,8-9,12-15,18,20H,6-7,10-11,16-17H2,1-4H3,(H,28,32). The quantitative estimate of drug-likeness (QED) is 0.457. The number of carbonyl (C=O) groups is 2. The molecule has 0 aromatic heterocycles. The summed E-state index contributed by atoms with van der Waals surface area (Å²) in [5.41, 5.74) is 0.879. The minimum Gasteiger partial charge on any atom is -0.493 e. The predicted molar refractivity (Wildman–Crippen MR) is 144 cm³/mol. The number of nitrogens with one attached hydrogen (secondary N) is 1. The second kappa shape index (κ2) is 12.5. The van der Waals surface area contributed by atoms with Crippen LogP contribution in [0.4, 0.5) is 5.69 Å². The molecule has 1 aliphatic carbocycles. The summed E-state index contributed by atoms with van der Waals surface area (Å²) >= 11 is 6.36. The van der Waals surface area contributed by atoms with Crippen LogP contribution in [0, 0.1) is 0 Å². The molecule has 1 saturated carbocycles. The molecule has 1 atom stereocenters. The van der Waals surface area contributed by atoms with Crippen molar-refractivity contribution >= 4 is 39.1 Å². The van der Waals surface area contributed by atoms with Gasteiger partial charge in [-0.3, -0.25) is 13.9 Å². The van der Waals surface area contributed by atoms with E-state index in [0.29, 0.717) is 22.1 Å². The fourth-order valence-electron chi connectivity index (χ4n) is 4.38. The Morgan fingerprint density at radius 2 is 1.73 bits per heavy atom. The fourth-order valence-corrected chi connectivity index (χ4v) is 5.42. The smallest absolute Gasteiger partial charge is 0.244 e. The second-order valence-corrected chi connectivity index (χ2v) is 11.4. The molecule has 1 fully saturated rings. The Hall–Kier alpha value is -2.98. The van der Waals surface area contributed by atoms with Crippen molar-refractivity contribution in [3.63, 3.8) is 0 Å². The molecule has 2 amide bonds. The molecule has 0 heterocycles. The highest BCUT2D eigenvalue weighted by molar-refractivity contribution is 7.92. The van der Waals surface area contributed by atoms with Crippen LogP contribution in [0.1, 0.15) is 38.2 Å². The van der Waals surface area contributed by atoms with Crippen molar-refractivity contribution in [2.45, 2.75) is 51.2 Å². The summed E-state index contributed by atoms with van der Waals surface area (Å²) in [6, 6.07) is 10.9. The van der Waals surface area contributed by atoms with Crippen LogP contribution in [0.2, 0.25) is 5.02 Å². The van der Waals surface area contributed by atoms with E-state index in [9.17, 15) is 18.0 Å². The van der Waals surface area contributed by atoms with Crippen molar-refractivity contribution in [1.82, 2.24) is 10.2 Å². The van der Waals surface area contributed by atoms with Gasteiger partial charge in [0.15, 0.2) is 11.5 Å². The Labute approximate surface area is 223 Å². The Balaban J connectivity index is 1.92. The van der Waals surface area contributed by atoms with Gasteiger partial charge in [-0.25, -0.2) is 8.42 Å². The zero-order valence-corrected chi connectivity index (χ0v) is 23.1. The molecule has 9 nitrogen and oxygen atoms in total. The van der Waals surface area contributed by atoms with Gasteiger partial charge in [0.2, 0.25) is 21.8 Å². The molecule has 2 aromatic rings. The molecule has 0 bridgehead atoms. The van der Waals surface area contributed by atoms with Gasteiger partial charge in [0.1, 0.15) is 12.6 Å². The number of hydrogen-bond acceptors (Lipinski definition) is 6. The maximum atomic E-state index is 13.7. The molecule has 202 valence electrons. The molecule has 1 N–H and O–H groups in total. The van der Waals surface area contributed by atoms with Crippen molar-refractivity contribution < 1.29 is 27.5 Å². The van der Waals surface area contributed by atoms with Crippen molar-refractivity contribution in [2.24, 2.45) is 0 Å². The molecule has 0 spiro atoms. The van der Waals surface area contributed by atoms with E-state index in [1.54, 1.807) is 37.3 Å². The SMILES string of the molecule is COc1ccc(N(CC(=O)N(Cc2ccccc2Cl)C(C)C(=O)NC2CCCC2)S(C)(=O)=O)cc1OC. The molecule has 37 heavy (non-hydrogen) atoms. The van der Waals surface area contributed by atoms with Crippen LogP contribution in [-0.4, -0.2) is 64.2 Å². The Morgan fingerprint density at radius 1 is 1.08 bits per heavy atom. The van der Waals surface area contributed by atoms with Crippen molar-refractivity contribution in [3.05, 3.63) is 53.1 Å². The van der Waals surface area contributed by atoms with Crippen LogP contribution >= 0.6 is 11.6 Å². The summed E-state index contributed by atoms with van der Waals surface area (Å²) in [7, 11) is -0.964. The molecular weight excluding hydrogens is 518 g/mol. The van der Waals surface area contributed by atoms with Crippen molar-refractivity contribution in [2.75, 3.05) is 31.3 Å². The minimum atomic E-state index is -3.87. The highest BCUT2D eigenvalue weighted by atomic mass is 35.5. The lowest BCUT2D eigenvalue weighted by Gasteiger charge is -2.32. The van der Waals surface area contributed by atoms with Crippen LogP contribution in [0.5, 0.6) is 11.5 Å². The number of rotatable bonds is 11. The number of sulfonamides is 1. The molecule has 0 aliphatic heterocycles. The van der Waals surface area contributed by atoms with Crippen LogP contribution in [0.15, 0.2) is 42.5 Å². The van der Waals surface area contributed by atoms with Gasteiger partial charge >= 0.3 is 0 Å². The zero-order valence-electron chi connectivity index (χ0n) is 21.6. The van der Waals surface area contributed by atoms with Gasteiger partial charge in [0, 0.05) is 23.7 Å². The first-order valence-electron chi connectivity index (χ1n) is 12.1. The average molecular weight is 552 g/mol. The number of hydrogen-bond donors (Lipinski definition) is 1. The lowest BCUT2D eigenvalue weighted by atomic mass is 10.1. The maximum absolute atomic E-state index is 13.7. The first kappa shape index (κ1) is 28.6. The topological polar surface area (TPSA) is 105 Å². The van der Waals surface area contributed by atoms with Crippen molar-refractivity contribution in [3.8, 4) is 11.5 Å². The van der Waals surface area contributed by atoms with E-state index in [2.05, 4.69) is 5.32 Å². The number of methoxy groups -OCH3 is 2. The van der Waals surface area contributed by atoms with E-state index >= 15 is 0 Å². The van der Waals surface area contributed by atoms with E-state index in [4.69, 9.17) is 21.1 Å². The Kier molecular flexibility index (Phi) is 9.67. The van der Waals surface area contributed by atoms with E-state index in [1.165, 1.54) is 31.3 Å². The molecule has 2 aromatic carbocycles. The molecule has 1 aliphatic rings. The number of halogens is 1. The highest BCUT2D eigenvalue weighted by Gasteiger charge is 2.32. The summed E-state index contributed by atoms with van der Waals surface area (Å²) in [6.45, 7) is 1.17. The number of benzene rings is 2. The Bertz CT molecular complexity index is 1220. The van der Waals surface area contributed by atoms with Crippen LogP contribution in [0.3, 0.4) is 0 Å². The molecule has 0 saturated heterocycles. The normalized spacial score (nSPS) is 14.6. The number of nitrogens with zero attached hydrogens (tertiary/aromatic N) is 2. The van der Waals surface area contributed by atoms with Crippen LogP contribution in [-0.2, 0) is 26.2 Å². The van der Waals surface area contributed by atoms with Gasteiger partial charge in [-0.2, -0.15) is 0 Å². The molecule has 0 radical (unpaired) electrons. The monoisotopic (exact) mass is 551 g/mol. The second-order valence-electron chi connectivity index (χ2n) is 9.09. The first-order chi connectivity index (χ1) is 17.5. The number of anilines is 1. The van der Waals surface area contributed by atoms with Gasteiger partial charge < -0.3 is 19.7 Å². The van der Waals surface area contributed by atoms with Gasteiger partial charge in [0.05, 0.1) is 26.2 Å². The zero-order chi connectivity index (χ0) is 27.2. The van der Waals surface area contributed by atoms with Gasteiger partial charge in [-0.15, -0.1) is 0 Å². The van der Waals surface area contributed by atoms with E-state index in [0.717, 1.165) is 36.2 Å². The summed E-state index contributed by atoms with van der Waals surface area (Å²) < 4.78 is 37.1. The van der Waals surface area contributed by atoms with Gasteiger partial charge in [-0.1, -0.05) is 42.6 Å². The minimum absolute atomic E-state index is 0.0430. The number of carbonyl (C=O) groups excluding carboxylic acids is 2. The summed E-state index contributed by atoms with van der Waals surface area (Å²) in [4.78, 5) is 28.2. The maximum Gasteiger partial charge on any atom is 0.244 e. The summed E-state index contributed by atoms with van der Waals surface area (Å²) in [5, 5.41) is 3.48. The largest absolute Gasteiger partial charge is 0.493 e. The number of amides is 2. The van der Waals surface area contributed by atoms with Gasteiger partial charge in [0.25, 0.3) is 0 Å². The molecule has 11 heteroatoms. The van der Waals surface area contributed by atoms with E-state index < -0.39 is 28.5 Å². The third kappa shape index (κ3) is 7.29. The van der Waals surface area contributed by atoms with Crippen LogP contribution in [0.25, 0.3) is 0 Å². The lowest BCUT2D eigenvalue weighted by molar-refractivity contribution is -0.139. The van der Waals surface area contributed by atoms with Crippen molar-refractivity contribution in [1.29, 1.82) is 0 Å². The molecular formula is C26H34ClN3O6S. The average Bonchev–Trinajstić information content (AvgIpc) is 3.38. The summed E-state index contributed by atoms with van der Waals surface area (Å²) in [5.74, 6) is -0.0968. The predicted octanol–water partition coefficient (Wildman–Crippen LogP) is 3.60. The number of ether oxygens (including phenoxy) is 2. The van der Waals surface area contributed by atoms with E-state index in [1.807, 2.05) is 0 Å². The third-order valence-electron chi connectivity index (χ3n) is 6.50. The third-order valence-corrected chi connectivity index (χ3v) is 8.01. The lowest BCUT2D eigenvalue weighted by Crippen LogP contribution is -2.52. The molecule has 1 unspecified atom stereocenters. The Morgan fingerprint density at radius 3 is 2.32 bits per heavy atom. The highest BCUT2D eigenvalue weighted by Crippen LogP contribution is 2.32. The first-order valence-corrected chi connectivity index (χ1v) is 14.3. The van der Waals surface area contributed by atoms with Crippen LogP contribution < -0.4 is 19.1 Å². The summed E-state index contributed by atoms with van der Waals surface area (Å²) in [6.07, 6.45) is 4.92. The van der Waals surface area contributed by atoms with Gasteiger partial charge in [-0.05, 0) is 43.5 Å².